The maximum absolute atomic E-state index is 13.7. The number of carbonyl (C=O) groups is 1. The molecule has 0 atom stereocenters. The molecule has 0 N–H and O–H groups in total. The second-order valence-corrected chi connectivity index (χ2v) is 8.22. The number of hydrogen-bond acceptors (Lipinski definition) is 5. The highest BCUT2D eigenvalue weighted by molar-refractivity contribution is 5.96. The molecule has 1 fully saturated rings. The number of rotatable bonds is 8. The van der Waals surface area contributed by atoms with Gasteiger partial charge in [-0.25, -0.2) is 0 Å². The summed E-state index contributed by atoms with van der Waals surface area (Å²) in [6.07, 6.45) is 8.07. The first kappa shape index (κ1) is 22.2. The normalized spacial score (nSPS) is 14.4. The Bertz CT molecular complexity index is 1010. The Balaban J connectivity index is 1.54. The molecule has 168 valence electrons. The summed E-state index contributed by atoms with van der Waals surface area (Å²) in [4.78, 5) is 26.4. The van der Waals surface area contributed by atoms with E-state index in [9.17, 15) is 4.79 Å². The van der Waals surface area contributed by atoms with Crippen molar-refractivity contribution in [3.63, 3.8) is 0 Å². The Morgan fingerprint density at radius 2 is 1.88 bits per heavy atom. The Kier molecular flexibility index (Phi) is 7.29. The summed E-state index contributed by atoms with van der Waals surface area (Å²) in [5.41, 5.74) is 4.76. The fraction of sp³-hybridized carbons (Fsp3) is 0.400. The van der Waals surface area contributed by atoms with Crippen molar-refractivity contribution in [2.45, 2.75) is 26.8 Å². The molecule has 0 saturated carbocycles. The first-order valence-corrected chi connectivity index (χ1v) is 11.2. The molecule has 1 amide bonds. The van der Waals surface area contributed by atoms with Crippen molar-refractivity contribution < 1.29 is 9.53 Å². The van der Waals surface area contributed by atoms with Gasteiger partial charge in [0, 0.05) is 62.7 Å². The third-order valence-electron chi connectivity index (χ3n) is 5.98. The second kappa shape index (κ2) is 10.5. The topological polar surface area (TPSA) is 63.5 Å². The van der Waals surface area contributed by atoms with Crippen molar-refractivity contribution in [2.75, 3.05) is 39.4 Å². The molecule has 0 radical (unpaired) electrons. The van der Waals surface area contributed by atoms with Gasteiger partial charge in [0.2, 0.25) is 0 Å². The number of aryl methyl sites for hydroxylation is 1. The van der Waals surface area contributed by atoms with E-state index in [0.29, 0.717) is 13.1 Å². The van der Waals surface area contributed by atoms with Crippen molar-refractivity contribution in [1.29, 1.82) is 0 Å². The Morgan fingerprint density at radius 3 is 2.59 bits per heavy atom. The van der Waals surface area contributed by atoms with E-state index >= 15 is 0 Å². The van der Waals surface area contributed by atoms with Crippen LogP contribution in [-0.2, 0) is 11.3 Å². The molecule has 3 aromatic rings. The summed E-state index contributed by atoms with van der Waals surface area (Å²) in [5.74, 6) is 0.0621. The molecule has 1 saturated heterocycles. The van der Waals surface area contributed by atoms with Gasteiger partial charge in [0.25, 0.3) is 5.91 Å². The van der Waals surface area contributed by atoms with Gasteiger partial charge in [0.05, 0.1) is 30.7 Å². The molecule has 0 bridgehead atoms. The maximum atomic E-state index is 13.7. The molecule has 1 aliphatic heterocycles. The molecule has 7 heteroatoms. The molecule has 0 aromatic carbocycles. The Hall–Kier alpha value is -3.03. The van der Waals surface area contributed by atoms with Gasteiger partial charge in [0.15, 0.2) is 0 Å². The summed E-state index contributed by atoms with van der Waals surface area (Å²) in [6.45, 7) is 9.79. The molecule has 4 rings (SSSR count). The molecule has 3 aromatic heterocycles. The second-order valence-electron chi connectivity index (χ2n) is 8.22. The van der Waals surface area contributed by atoms with E-state index in [1.165, 1.54) is 0 Å². The highest BCUT2D eigenvalue weighted by atomic mass is 16.5. The lowest BCUT2D eigenvalue weighted by Crippen LogP contribution is -2.39. The lowest BCUT2D eigenvalue weighted by molar-refractivity contribution is 0.0355. The Labute approximate surface area is 189 Å². The smallest absolute Gasteiger partial charge is 0.255 e. The van der Waals surface area contributed by atoms with Crippen LogP contribution in [0.2, 0.25) is 0 Å². The molecule has 32 heavy (non-hydrogen) atoms. The molecule has 0 aliphatic carbocycles. The number of nitrogens with zero attached hydrogens (tertiary/aromatic N) is 5. The zero-order chi connectivity index (χ0) is 22.3. The van der Waals surface area contributed by atoms with E-state index < -0.39 is 0 Å². The quantitative estimate of drug-likeness (QED) is 0.546. The number of morpholine rings is 1. The number of ether oxygens (including phenoxy) is 1. The average molecular weight is 434 g/mol. The standard InChI is InChI=1S/C25H31N5O2/c1-20-17-24(21(2)30(20)23-5-3-8-27-18-23)25(31)29(19-22-6-9-26-10-7-22)12-4-11-28-13-15-32-16-14-28/h3,5-10,17-18H,4,11-16,19H2,1-2H3. The summed E-state index contributed by atoms with van der Waals surface area (Å²) in [5, 5.41) is 0. The van der Waals surface area contributed by atoms with Gasteiger partial charge in [-0.05, 0) is 56.2 Å². The van der Waals surface area contributed by atoms with Gasteiger partial charge in [0.1, 0.15) is 0 Å². The van der Waals surface area contributed by atoms with Gasteiger partial charge < -0.3 is 14.2 Å². The van der Waals surface area contributed by atoms with Crippen LogP contribution in [0.4, 0.5) is 0 Å². The SMILES string of the molecule is Cc1cc(C(=O)N(CCCN2CCOCC2)Cc2ccncc2)c(C)n1-c1cccnc1. The van der Waals surface area contributed by atoms with Crippen LogP contribution in [0.5, 0.6) is 0 Å². The van der Waals surface area contributed by atoms with E-state index in [1.807, 2.05) is 55.3 Å². The first-order valence-electron chi connectivity index (χ1n) is 11.2. The summed E-state index contributed by atoms with van der Waals surface area (Å²) in [7, 11) is 0. The molecular formula is C25H31N5O2. The number of carbonyl (C=O) groups excluding carboxylic acids is 1. The lowest BCUT2D eigenvalue weighted by atomic mass is 10.1. The van der Waals surface area contributed by atoms with Crippen LogP contribution >= 0.6 is 0 Å². The minimum atomic E-state index is 0.0621. The molecule has 0 spiro atoms. The van der Waals surface area contributed by atoms with Gasteiger partial charge in [-0.15, -0.1) is 0 Å². The zero-order valence-electron chi connectivity index (χ0n) is 18.9. The maximum Gasteiger partial charge on any atom is 0.255 e. The predicted molar refractivity (Wildman–Crippen MR) is 124 cm³/mol. The largest absolute Gasteiger partial charge is 0.379 e. The van der Waals surface area contributed by atoms with Crippen LogP contribution in [0.25, 0.3) is 5.69 Å². The number of amides is 1. The number of pyridine rings is 2. The zero-order valence-corrected chi connectivity index (χ0v) is 18.9. The molecule has 4 heterocycles. The van der Waals surface area contributed by atoms with Crippen LogP contribution in [0.15, 0.2) is 55.1 Å². The molecule has 1 aliphatic rings. The minimum absolute atomic E-state index is 0.0621. The van der Waals surface area contributed by atoms with Crippen molar-refractivity contribution >= 4 is 5.91 Å². The third-order valence-corrected chi connectivity index (χ3v) is 5.98. The fourth-order valence-electron chi connectivity index (χ4n) is 4.30. The first-order chi connectivity index (χ1) is 15.6. The van der Waals surface area contributed by atoms with Gasteiger partial charge >= 0.3 is 0 Å². The highest BCUT2D eigenvalue weighted by Gasteiger charge is 2.22. The molecular weight excluding hydrogens is 402 g/mol. The van der Waals surface area contributed by atoms with Crippen LogP contribution in [0.1, 0.15) is 33.7 Å². The van der Waals surface area contributed by atoms with Crippen LogP contribution in [-0.4, -0.2) is 69.6 Å². The van der Waals surface area contributed by atoms with Gasteiger partial charge in [-0.1, -0.05) is 0 Å². The molecule has 7 nitrogen and oxygen atoms in total. The summed E-state index contributed by atoms with van der Waals surface area (Å²) >= 11 is 0. The monoisotopic (exact) mass is 433 g/mol. The van der Waals surface area contributed by atoms with E-state index in [1.54, 1.807) is 18.6 Å². The average Bonchev–Trinajstić information content (AvgIpc) is 3.13. The summed E-state index contributed by atoms with van der Waals surface area (Å²) < 4.78 is 7.54. The van der Waals surface area contributed by atoms with Crippen LogP contribution < -0.4 is 0 Å². The minimum Gasteiger partial charge on any atom is -0.379 e. The van der Waals surface area contributed by atoms with E-state index in [2.05, 4.69) is 19.4 Å². The highest BCUT2D eigenvalue weighted by Crippen LogP contribution is 2.22. The van der Waals surface area contributed by atoms with E-state index in [0.717, 1.165) is 67.5 Å². The Morgan fingerprint density at radius 1 is 1.09 bits per heavy atom. The van der Waals surface area contributed by atoms with Gasteiger partial charge in [-0.2, -0.15) is 0 Å². The van der Waals surface area contributed by atoms with Crippen molar-refractivity contribution in [3.05, 3.63) is 77.6 Å². The number of hydrogen-bond donors (Lipinski definition) is 0. The van der Waals surface area contributed by atoms with Crippen molar-refractivity contribution in [1.82, 2.24) is 24.3 Å². The fourth-order valence-corrected chi connectivity index (χ4v) is 4.30. The molecule has 0 unspecified atom stereocenters. The van der Waals surface area contributed by atoms with Crippen LogP contribution in [0.3, 0.4) is 0 Å². The third kappa shape index (κ3) is 5.23. The summed E-state index contributed by atoms with van der Waals surface area (Å²) in [6, 6.07) is 9.87. The van der Waals surface area contributed by atoms with E-state index in [4.69, 9.17) is 4.74 Å². The van der Waals surface area contributed by atoms with Gasteiger partial charge in [-0.3, -0.25) is 19.7 Å². The lowest BCUT2D eigenvalue weighted by Gasteiger charge is -2.28. The van der Waals surface area contributed by atoms with Crippen molar-refractivity contribution in [2.24, 2.45) is 0 Å². The van der Waals surface area contributed by atoms with Crippen molar-refractivity contribution in [3.8, 4) is 5.69 Å². The predicted octanol–water partition coefficient (Wildman–Crippen LogP) is 3.25. The number of aromatic nitrogens is 3. The van der Waals surface area contributed by atoms with Crippen LogP contribution in [0, 0.1) is 13.8 Å². The van der Waals surface area contributed by atoms with E-state index in [-0.39, 0.29) is 5.91 Å².